The van der Waals surface area contributed by atoms with Crippen molar-refractivity contribution in [3.63, 3.8) is 0 Å². The average molecular weight is 462 g/mol. The van der Waals surface area contributed by atoms with Crippen molar-refractivity contribution in [1.82, 2.24) is 4.90 Å². The van der Waals surface area contributed by atoms with E-state index in [1.54, 1.807) is 25.7 Å². The highest BCUT2D eigenvalue weighted by Gasteiger charge is 2.32. The third-order valence-electron chi connectivity index (χ3n) is 5.34. The fourth-order valence-corrected chi connectivity index (χ4v) is 3.52. The molecule has 1 amide bonds. The Bertz CT molecular complexity index is 1000. The Hall–Kier alpha value is -2.96. The number of carbonyl (C=O) groups excluding carboxylic acids is 1. The van der Waals surface area contributed by atoms with Gasteiger partial charge in [0, 0.05) is 18.7 Å². The predicted octanol–water partition coefficient (Wildman–Crippen LogP) is 6.87. The molecule has 2 aromatic rings. The number of aryl methyl sites for hydroxylation is 1. The fourth-order valence-electron chi connectivity index (χ4n) is 3.52. The number of nitrogens with zero attached hydrogens (tertiary/aromatic N) is 1. The average Bonchev–Trinajstić information content (AvgIpc) is 2.76. The quantitative estimate of drug-likeness (QED) is 0.488. The Kier molecular flexibility index (Phi) is 7.40. The van der Waals surface area contributed by atoms with Crippen LogP contribution < -0.4 is 4.74 Å². The van der Waals surface area contributed by atoms with E-state index in [0.29, 0.717) is 25.1 Å². The van der Waals surface area contributed by atoms with Gasteiger partial charge in [0.25, 0.3) is 0 Å². The molecule has 0 saturated carbocycles. The normalized spacial score (nSPS) is 14.6. The Morgan fingerprint density at radius 1 is 1.03 bits per heavy atom. The van der Waals surface area contributed by atoms with Gasteiger partial charge in [-0.2, -0.15) is 13.2 Å². The maximum absolute atomic E-state index is 13.3. The van der Waals surface area contributed by atoms with Crippen LogP contribution in [-0.4, -0.2) is 29.7 Å². The number of hydrogen-bond acceptors (Lipinski definition) is 3. The highest BCUT2D eigenvalue weighted by atomic mass is 19.4. The lowest BCUT2D eigenvalue weighted by atomic mass is 9.97. The van der Waals surface area contributed by atoms with Gasteiger partial charge in [-0.1, -0.05) is 43.3 Å². The van der Waals surface area contributed by atoms with Crippen molar-refractivity contribution in [3.05, 3.63) is 70.8 Å². The van der Waals surface area contributed by atoms with Crippen molar-refractivity contribution >= 4 is 11.7 Å². The van der Waals surface area contributed by atoms with Gasteiger partial charge in [0.2, 0.25) is 0 Å². The molecule has 0 aromatic heterocycles. The molecule has 2 aromatic carbocycles. The largest absolute Gasteiger partial charge is 0.488 e. The molecule has 0 bridgehead atoms. The zero-order valence-electron chi connectivity index (χ0n) is 19.5. The third kappa shape index (κ3) is 6.76. The van der Waals surface area contributed by atoms with Gasteiger partial charge in [0.1, 0.15) is 18.0 Å². The number of rotatable bonds is 5. The molecule has 7 heteroatoms. The van der Waals surface area contributed by atoms with Crippen LogP contribution in [0.1, 0.15) is 56.4 Å². The first-order chi connectivity index (χ1) is 15.5. The highest BCUT2D eigenvalue weighted by molar-refractivity contribution is 5.75. The number of ether oxygens (including phenoxy) is 2. The van der Waals surface area contributed by atoms with Gasteiger partial charge >= 0.3 is 12.3 Å². The molecule has 0 atom stereocenters. The van der Waals surface area contributed by atoms with Crippen molar-refractivity contribution < 1.29 is 27.4 Å². The molecule has 0 N–H and O–H groups in total. The monoisotopic (exact) mass is 461 g/mol. The molecule has 1 aliphatic rings. The molecule has 3 rings (SSSR count). The first kappa shape index (κ1) is 24.7. The van der Waals surface area contributed by atoms with Crippen LogP contribution in [0.5, 0.6) is 5.75 Å². The summed E-state index contributed by atoms with van der Waals surface area (Å²) >= 11 is 0. The van der Waals surface area contributed by atoms with Crippen molar-refractivity contribution in [2.75, 3.05) is 13.1 Å². The highest BCUT2D eigenvalue weighted by Crippen LogP contribution is 2.37. The predicted molar refractivity (Wildman–Crippen MR) is 122 cm³/mol. The van der Waals surface area contributed by atoms with Crippen molar-refractivity contribution in [2.24, 2.45) is 0 Å². The molecule has 33 heavy (non-hydrogen) atoms. The van der Waals surface area contributed by atoms with E-state index in [4.69, 9.17) is 9.47 Å². The molecule has 0 spiro atoms. The Morgan fingerprint density at radius 3 is 2.24 bits per heavy atom. The SMILES string of the molecule is CCc1ccc(COc2cc(C(F)(F)F)ccc2C2=CCN(C(=O)OC(C)(C)C)CC2)cc1. The van der Waals surface area contributed by atoms with Crippen molar-refractivity contribution in [2.45, 2.75) is 58.9 Å². The van der Waals surface area contributed by atoms with E-state index < -0.39 is 23.4 Å². The van der Waals surface area contributed by atoms with Crippen LogP contribution in [-0.2, 0) is 23.9 Å². The van der Waals surface area contributed by atoms with E-state index in [-0.39, 0.29) is 12.4 Å². The Labute approximate surface area is 193 Å². The summed E-state index contributed by atoms with van der Waals surface area (Å²) in [5.41, 5.74) is 2.17. The van der Waals surface area contributed by atoms with Gasteiger partial charge in [-0.05, 0) is 62.4 Å². The van der Waals surface area contributed by atoms with E-state index in [2.05, 4.69) is 6.92 Å². The number of carbonyl (C=O) groups is 1. The smallest absolute Gasteiger partial charge is 0.416 e. The number of hydrogen-bond donors (Lipinski definition) is 0. The van der Waals surface area contributed by atoms with E-state index in [1.807, 2.05) is 30.3 Å². The van der Waals surface area contributed by atoms with Crippen LogP contribution in [0, 0.1) is 0 Å². The number of alkyl halides is 3. The van der Waals surface area contributed by atoms with E-state index in [0.717, 1.165) is 29.7 Å². The summed E-state index contributed by atoms with van der Waals surface area (Å²) in [6.45, 7) is 8.37. The molecule has 1 heterocycles. The summed E-state index contributed by atoms with van der Waals surface area (Å²) in [6.07, 6.45) is -1.62. The molecule has 0 aliphatic carbocycles. The van der Waals surface area contributed by atoms with Gasteiger partial charge < -0.3 is 14.4 Å². The van der Waals surface area contributed by atoms with Crippen LogP contribution in [0.2, 0.25) is 0 Å². The first-order valence-electron chi connectivity index (χ1n) is 11.1. The zero-order chi connectivity index (χ0) is 24.2. The lowest BCUT2D eigenvalue weighted by Crippen LogP contribution is -2.39. The van der Waals surface area contributed by atoms with Gasteiger partial charge in [-0.3, -0.25) is 0 Å². The summed E-state index contributed by atoms with van der Waals surface area (Å²) in [6, 6.07) is 11.4. The Balaban J connectivity index is 1.81. The minimum absolute atomic E-state index is 0.162. The van der Waals surface area contributed by atoms with Crippen LogP contribution in [0.25, 0.3) is 5.57 Å². The fraction of sp³-hybridized carbons (Fsp3) is 0.423. The van der Waals surface area contributed by atoms with Crippen LogP contribution in [0.4, 0.5) is 18.0 Å². The minimum atomic E-state index is -4.46. The lowest BCUT2D eigenvalue weighted by Gasteiger charge is -2.30. The first-order valence-corrected chi connectivity index (χ1v) is 11.1. The topological polar surface area (TPSA) is 38.8 Å². The zero-order valence-corrected chi connectivity index (χ0v) is 19.5. The number of halogens is 3. The summed E-state index contributed by atoms with van der Waals surface area (Å²) in [7, 11) is 0. The maximum atomic E-state index is 13.3. The van der Waals surface area contributed by atoms with Gasteiger partial charge in [0.05, 0.1) is 5.56 Å². The summed E-state index contributed by atoms with van der Waals surface area (Å²) in [5, 5.41) is 0. The van der Waals surface area contributed by atoms with Crippen molar-refractivity contribution in [3.8, 4) is 5.75 Å². The summed E-state index contributed by atoms with van der Waals surface area (Å²) in [5.74, 6) is 0.182. The molecule has 0 saturated heterocycles. The van der Waals surface area contributed by atoms with Gasteiger partial charge in [0.15, 0.2) is 0 Å². The number of amides is 1. The van der Waals surface area contributed by atoms with Gasteiger partial charge in [-0.25, -0.2) is 4.79 Å². The molecular weight excluding hydrogens is 431 g/mol. The molecule has 0 radical (unpaired) electrons. The minimum Gasteiger partial charge on any atom is -0.488 e. The second-order valence-electron chi connectivity index (χ2n) is 9.07. The number of benzene rings is 2. The molecule has 0 unspecified atom stereocenters. The van der Waals surface area contributed by atoms with E-state index in [9.17, 15) is 18.0 Å². The molecule has 0 fully saturated rings. The van der Waals surface area contributed by atoms with Gasteiger partial charge in [-0.15, -0.1) is 0 Å². The van der Waals surface area contributed by atoms with Crippen LogP contribution >= 0.6 is 0 Å². The van der Waals surface area contributed by atoms with Crippen LogP contribution in [0.15, 0.2) is 48.5 Å². The van der Waals surface area contributed by atoms with E-state index >= 15 is 0 Å². The second-order valence-corrected chi connectivity index (χ2v) is 9.07. The second kappa shape index (κ2) is 9.89. The van der Waals surface area contributed by atoms with E-state index in [1.165, 1.54) is 11.6 Å². The molecular formula is C26H30F3NO3. The summed E-state index contributed by atoms with van der Waals surface area (Å²) < 4.78 is 51.3. The molecule has 4 nitrogen and oxygen atoms in total. The lowest BCUT2D eigenvalue weighted by molar-refractivity contribution is -0.137. The van der Waals surface area contributed by atoms with Crippen molar-refractivity contribution in [1.29, 1.82) is 0 Å². The van der Waals surface area contributed by atoms with Crippen LogP contribution in [0.3, 0.4) is 0 Å². The Morgan fingerprint density at radius 2 is 1.70 bits per heavy atom. The summed E-state index contributed by atoms with van der Waals surface area (Å²) in [4.78, 5) is 13.9. The standard InChI is InChI=1S/C26H30F3NO3/c1-5-18-6-8-19(9-7-18)17-32-23-16-21(26(27,28)29)10-11-22(23)20-12-14-30(15-13-20)24(31)33-25(2,3)4/h6-12,16H,5,13-15,17H2,1-4H3. The third-order valence-corrected chi connectivity index (χ3v) is 5.34. The molecule has 1 aliphatic heterocycles. The maximum Gasteiger partial charge on any atom is 0.416 e. The molecule has 178 valence electrons.